The average Bonchev–Trinajstić information content (AvgIpc) is 3.21. The second kappa shape index (κ2) is 9.14. The summed E-state index contributed by atoms with van der Waals surface area (Å²) < 4.78 is 0. The van der Waals surface area contributed by atoms with Gasteiger partial charge < -0.3 is 4.90 Å². The summed E-state index contributed by atoms with van der Waals surface area (Å²) in [6, 6.07) is 8.92. The van der Waals surface area contributed by atoms with Gasteiger partial charge in [0, 0.05) is 32.6 Å². The Balaban J connectivity index is 1.54. The lowest BCUT2D eigenvalue weighted by Gasteiger charge is -2.38. The van der Waals surface area contributed by atoms with Gasteiger partial charge in [-0.15, -0.1) is 0 Å². The number of hydrogen-bond donors (Lipinski definition) is 2. The number of nitrogens with zero attached hydrogens (tertiary/aromatic N) is 2. The Hall–Kier alpha value is -1.92. The molecular weight excluding hydrogens is 330 g/mol. The predicted octanol–water partition coefficient (Wildman–Crippen LogP) is 2.35. The molecule has 1 heterocycles. The number of hydroxylamine groups is 1. The van der Waals surface area contributed by atoms with E-state index in [2.05, 4.69) is 0 Å². The van der Waals surface area contributed by atoms with Gasteiger partial charge in [-0.3, -0.25) is 19.7 Å². The van der Waals surface area contributed by atoms with Crippen LogP contribution in [0.4, 0.5) is 0 Å². The molecule has 2 aliphatic rings. The van der Waals surface area contributed by atoms with Gasteiger partial charge in [-0.1, -0.05) is 56.0 Å². The van der Waals surface area contributed by atoms with Crippen molar-refractivity contribution >= 4 is 11.8 Å². The lowest BCUT2D eigenvalue weighted by molar-refractivity contribution is -0.138. The van der Waals surface area contributed by atoms with E-state index < -0.39 is 11.9 Å². The van der Waals surface area contributed by atoms with Crippen LogP contribution >= 0.6 is 0 Å². The van der Waals surface area contributed by atoms with Gasteiger partial charge in [0.25, 0.3) is 5.91 Å². The maximum atomic E-state index is 12.5. The third-order valence-electron chi connectivity index (χ3n) is 5.75. The van der Waals surface area contributed by atoms with Crippen molar-refractivity contribution in [2.24, 2.45) is 5.92 Å². The van der Waals surface area contributed by atoms with Gasteiger partial charge in [0.05, 0.1) is 0 Å². The highest BCUT2D eigenvalue weighted by molar-refractivity contribution is 5.82. The molecular formula is C20H29N3O3. The number of nitrogens with one attached hydrogen (secondary N) is 1. The Bertz CT molecular complexity index is 594. The highest BCUT2D eigenvalue weighted by atomic mass is 16.5. The van der Waals surface area contributed by atoms with Crippen LogP contribution in [0.1, 0.15) is 50.1 Å². The van der Waals surface area contributed by atoms with E-state index in [1.165, 1.54) is 25.7 Å². The van der Waals surface area contributed by atoms with E-state index >= 15 is 0 Å². The SMILES string of the molecule is O=C(NO)C(c1ccccc1)N1CCN(C(=O)CCC2CCCC2)CC1. The topological polar surface area (TPSA) is 72.9 Å². The van der Waals surface area contributed by atoms with E-state index in [-0.39, 0.29) is 5.91 Å². The smallest absolute Gasteiger partial charge is 0.265 e. The summed E-state index contributed by atoms with van der Waals surface area (Å²) in [6.07, 6.45) is 6.82. The molecule has 1 saturated carbocycles. The summed E-state index contributed by atoms with van der Waals surface area (Å²) in [5.74, 6) is 0.535. The Labute approximate surface area is 155 Å². The van der Waals surface area contributed by atoms with Crippen LogP contribution in [0.15, 0.2) is 30.3 Å². The fourth-order valence-electron chi connectivity index (χ4n) is 4.24. The molecule has 1 saturated heterocycles. The first-order chi connectivity index (χ1) is 12.7. The number of carbonyl (C=O) groups is 2. The fraction of sp³-hybridized carbons (Fsp3) is 0.600. The molecule has 1 aliphatic heterocycles. The van der Waals surface area contributed by atoms with Gasteiger partial charge in [0.15, 0.2) is 0 Å². The van der Waals surface area contributed by atoms with Crippen LogP contribution in [0.3, 0.4) is 0 Å². The molecule has 3 rings (SSSR count). The fourth-order valence-corrected chi connectivity index (χ4v) is 4.24. The predicted molar refractivity (Wildman–Crippen MR) is 98.5 cm³/mol. The minimum atomic E-state index is -0.531. The summed E-state index contributed by atoms with van der Waals surface area (Å²) >= 11 is 0. The van der Waals surface area contributed by atoms with Gasteiger partial charge in [-0.25, -0.2) is 5.48 Å². The summed E-state index contributed by atoms with van der Waals surface area (Å²) in [5, 5.41) is 9.12. The third-order valence-corrected chi connectivity index (χ3v) is 5.75. The van der Waals surface area contributed by atoms with Crippen molar-refractivity contribution in [3.8, 4) is 0 Å². The Morgan fingerprint density at radius 1 is 1.08 bits per heavy atom. The molecule has 1 aromatic carbocycles. The van der Waals surface area contributed by atoms with Crippen LogP contribution in [0.5, 0.6) is 0 Å². The Morgan fingerprint density at radius 3 is 2.35 bits per heavy atom. The Morgan fingerprint density at radius 2 is 1.73 bits per heavy atom. The lowest BCUT2D eigenvalue weighted by Crippen LogP contribution is -2.52. The van der Waals surface area contributed by atoms with Crippen molar-refractivity contribution in [2.45, 2.75) is 44.6 Å². The van der Waals surface area contributed by atoms with E-state index in [1.807, 2.05) is 40.1 Å². The quantitative estimate of drug-likeness (QED) is 0.604. The molecule has 0 bridgehead atoms. The maximum Gasteiger partial charge on any atom is 0.265 e. The zero-order valence-corrected chi connectivity index (χ0v) is 15.3. The number of amides is 2. The number of benzene rings is 1. The normalized spacial score (nSPS) is 20.1. The van der Waals surface area contributed by atoms with E-state index in [1.54, 1.807) is 5.48 Å². The Kier molecular flexibility index (Phi) is 6.63. The van der Waals surface area contributed by atoms with Crippen LogP contribution in [-0.2, 0) is 9.59 Å². The highest BCUT2D eigenvalue weighted by Gasteiger charge is 2.31. The standard InChI is InChI=1S/C20H29N3O3/c24-18(11-10-16-6-4-5-7-16)22-12-14-23(15-13-22)19(20(25)21-26)17-8-2-1-3-9-17/h1-3,8-9,16,19,26H,4-7,10-15H2,(H,21,25). The van der Waals surface area contributed by atoms with Crippen LogP contribution in [-0.4, -0.2) is 53.0 Å². The molecule has 6 heteroatoms. The zero-order valence-electron chi connectivity index (χ0n) is 15.3. The molecule has 2 N–H and O–H groups in total. The van der Waals surface area contributed by atoms with Gasteiger partial charge >= 0.3 is 0 Å². The molecule has 26 heavy (non-hydrogen) atoms. The molecule has 0 radical (unpaired) electrons. The van der Waals surface area contributed by atoms with Gasteiger partial charge in [0.2, 0.25) is 5.91 Å². The average molecular weight is 359 g/mol. The number of piperazine rings is 1. The van der Waals surface area contributed by atoms with Gasteiger partial charge in [-0.05, 0) is 17.9 Å². The van der Waals surface area contributed by atoms with Crippen LogP contribution in [0.2, 0.25) is 0 Å². The zero-order chi connectivity index (χ0) is 18.4. The highest BCUT2D eigenvalue weighted by Crippen LogP contribution is 2.29. The van der Waals surface area contributed by atoms with Crippen molar-refractivity contribution in [2.75, 3.05) is 26.2 Å². The molecule has 1 aromatic rings. The molecule has 1 aliphatic carbocycles. The van der Waals surface area contributed by atoms with Crippen molar-refractivity contribution in [1.82, 2.24) is 15.3 Å². The summed E-state index contributed by atoms with van der Waals surface area (Å²) in [6.45, 7) is 2.52. The molecule has 0 aromatic heterocycles. The number of hydrogen-bond acceptors (Lipinski definition) is 4. The first-order valence-electron chi connectivity index (χ1n) is 9.69. The summed E-state index contributed by atoms with van der Waals surface area (Å²) in [4.78, 5) is 28.6. The molecule has 142 valence electrons. The monoisotopic (exact) mass is 359 g/mol. The molecule has 0 spiro atoms. The molecule has 2 fully saturated rings. The number of rotatable bonds is 6. The maximum absolute atomic E-state index is 12.5. The van der Waals surface area contributed by atoms with Gasteiger partial charge in [-0.2, -0.15) is 0 Å². The molecule has 1 unspecified atom stereocenters. The van der Waals surface area contributed by atoms with Crippen molar-refractivity contribution in [3.05, 3.63) is 35.9 Å². The van der Waals surface area contributed by atoms with E-state index in [0.29, 0.717) is 32.6 Å². The number of carbonyl (C=O) groups excluding carboxylic acids is 2. The summed E-state index contributed by atoms with van der Waals surface area (Å²) in [7, 11) is 0. The minimum Gasteiger partial charge on any atom is -0.340 e. The summed E-state index contributed by atoms with van der Waals surface area (Å²) in [5.41, 5.74) is 2.63. The second-order valence-corrected chi connectivity index (χ2v) is 7.40. The van der Waals surface area contributed by atoms with Crippen LogP contribution < -0.4 is 5.48 Å². The van der Waals surface area contributed by atoms with Crippen LogP contribution in [0, 0.1) is 5.92 Å². The van der Waals surface area contributed by atoms with E-state index in [9.17, 15) is 9.59 Å². The lowest BCUT2D eigenvalue weighted by atomic mass is 10.0. The van der Waals surface area contributed by atoms with E-state index in [4.69, 9.17) is 5.21 Å². The van der Waals surface area contributed by atoms with Crippen molar-refractivity contribution < 1.29 is 14.8 Å². The first kappa shape index (κ1) is 18.9. The van der Waals surface area contributed by atoms with Crippen LogP contribution in [0.25, 0.3) is 0 Å². The second-order valence-electron chi connectivity index (χ2n) is 7.40. The largest absolute Gasteiger partial charge is 0.340 e. The third kappa shape index (κ3) is 4.62. The van der Waals surface area contributed by atoms with Crippen molar-refractivity contribution in [1.29, 1.82) is 0 Å². The molecule has 2 amide bonds. The minimum absolute atomic E-state index is 0.236. The molecule has 6 nitrogen and oxygen atoms in total. The molecule has 1 atom stereocenters. The van der Waals surface area contributed by atoms with Gasteiger partial charge in [0.1, 0.15) is 6.04 Å². The van der Waals surface area contributed by atoms with E-state index in [0.717, 1.165) is 17.9 Å². The van der Waals surface area contributed by atoms with Crippen molar-refractivity contribution in [3.63, 3.8) is 0 Å². The first-order valence-corrected chi connectivity index (χ1v) is 9.69.